The SMILES string of the molecule is CC(=NNc1ccc(F)cc1)C(C)=C(N)Cc1ccccc1. The average molecular weight is 297 g/mol. The number of hydrazone groups is 1. The monoisotopic (exact) mass is 297 g/mol. The maximum Gasteiger partial charge on any atom is 0.123 e. The van der Waals surface area contributed by atoms with Crippen LogP contribution in [0.25, 0.3) is 0 Å². The van der Waals surface area contributed by atoms with Gasteiger partial charge in [-0.3, -0.25) is 5.43 Å². The largest absolute Gasteiger partial charge is 0.401 e. The van der Waals surface area contributed by atoms with Crippen LogP contribution in [0.4, 0.5) is 10.1 Å². The lowest BCUT2D eigenvalue weighted by atomic mass is 10.0. The van der Waals surface area contributed by atoms with E-state index in [0.29, 0.717) is 6.42 Å². The molecule has 0 atom stereocenters. The highest BCUT2D eigenvalue weighted by Crippen LogP contribution is 2.11. The Morgan fingerprint density at radius 3 is 2.32 bits per heavy atom. The Hall–Kier alpha value is -2.62. The van der Waals surface area contributed by atoms with E-state index in [1.165, 1.54) is 17.7 Å². The van der Waals surface area contributed by atoms with Crippen LogP contribution in [0.2, 0.25) is 0 Å². The fourth-order valence-electron chi connectivity index (χ4n) is 1.94. The molecule has 2 rings (SSSR count). The third-order valence-corrected chi connectivity index (χ3v) is 3.46. The first-order chi connectivity index (χ1) is 10.6. The van der Waals surface area contributed by atoms with Gasteiger partial charge in [-0.15, -0.1) is 0 Å². The summed E-state index contributed by atoms with van der Waals surface area (Å²) in [4.78, 5) is 0. The van der Waals surface area contributed by atoms with Gasteiger partial charge in [0.2, 0.25) is 0 Å². The molecule has 0 aliphatic rings. The van der Waals surface area contributed by atoms with Gasteiger partial charge in [0.15, 0.2) is 0 Å². The summed E-state index contributed by atoms with van der Waals surface area (Å²) in [5.74, 6) is -0.269. The molecule has 114 valence electrons. The third kappa shape index (κ3) is 4.45. The van der Waals surface area contributed by atoms with Gasteiger partial charge >= 0.3 is 0 Å². The second kappa shape index (κ2) is 7.41. The molecule has 0 unspecified atom stereocenters. The number of allylic oxidation sites excluding steroid dienone is 2. The molecular weight excluding hydrogens is 277 g/mol. The van der Waals surface area contributed by atoms with Crippen LogP contribution in [0, 0.1) is 5.82 Å². The van der Waals surface area contributed by atoms with Gasteiger partial charge < -0.3 is 5.73 Å². The molecule has 2 aromatic rings. The minimum Gasteiger partial charge on any atom is -0.401 e. The van der Waals surface area contributed by atoms with E-state index in [9.17, 15) is 4.39 Å². The zero-order valence-electron chi connectivity index (χ0n) is 12.8. The van der Waals surface area contributed by atoms with Gasteiger partial charge in [0.05, 0.1) is 11.4 Å². The first-order valence-electron chi connectivity index (χ1n) is 7.11. The van der Waals surface area contributed by atoms with E-state index in [0.717, 1.165) is 22.7 Å². The maximum absolute atomic E-state index is 12.8. The van der Waals surface area contributed by atoms with Gasteiger partial charge in [0, 0.05) is 12.1 Å². The molecule has 3 nitrogen and oxygen atoms in total. The van der Waals surface area contributed by atoms with Crippen molar-refractivity contribution < 1.29 is 4.39 Å². The number of halogens is 1. The predicted molar refractivity (Wildman–Crippen MR) is 90.2 cm³/mol. The average Bonchev–Trinajstić information content (AvgIpc) is 2.54. The molecule has 0 aliphatic heterocycles. The van der Waals surface area contributed by atoms with Crippen LogP contribution in [0.15, 0.2) is 71.0 Å². The van der Waals surface area contributed by atoms with Crippen molar-refractivity contribution in [2.24, 2.45) is 10.8 Å². The van der Waals surface area contributed by atoms with Crippen LogP contribution in [0.1, 0.15) is 19.4 Å². The van der Waals surface area contributed by atoms with Crippen LogP contribution in [0.5, 0.6) is 0 Å². The molecule has 0 heterocycles. The first-order valence-corrected chi connectivity index (χ1v) is 7.11. The van der Waals surface area contributed by atoms with Crippen molar-refractivity contribution in [1.29, 1.82) is 0 Å². The minimum absolute atomic E-state index is 0.269. The number of nitrogens with two attached hydrogens (primary N) is 1. The summed E-state index contributed by atoms with van der Waals surface area (Å²) in [6.07, 6.45) is 0.691. The van der Waals surface area contributed by atoms with E-state index >= 15 is 0 Å². The molecule has 0 amide bonds. The summed E-state index contributed by atoms with van der Waals surface area (Å²) in [5, 5.41) is 4.29. The van der Waals surface area contributed by atoms with Gasteiger partial charge in [0.25, 0.3) is 0 Å². The van der Waals surface area contributed by atoms with Gasteiger partial charge in [-0.1, -0.05) is 30.3 Å². The van der Waals surface area contributed by atoms with E-state index in [4.69, 9.17) is 5.73 Å². The molecule has 0 spiro atoms. The van der Waals surface area contributed by atoms with Crippen LogP contribution in [-0.2, 0) is 6.42 Å². The van der Waals surface area contributed by atoms with E-state index in [-0.39, 0.29) is 5.82 Å². The Morgan fingerprint density at radius 1 is 1.05 bits per heavy atom. The van der Waals surface area contributed by atoms with Crippen molar-refractivity contribution in [3.8, 4) is 0 Å². The molecule has 22 heavy (non-hydrogen) atoms. The summed E-state index contributed by atoms with van der Waals surface area (Å²) in [5.41, 5.74) is 13.5. The van der Waals surface area contributed by atoms with Crippen molar-refractivity contribution >= 4 is 11.4 Å². The molecule has 0 radical (unpaired) electrons. The molecule has 0 aliphatic carbocycles. The van der Waals surface area contributed by atoms with Crippen LogP contribution >= 0.6 is 0 Å². The Labute approximate surface area is 130 Å². The molecule has 0 bridgehead atoms. The Kier molecular flexibility index (Phi) is 5.31. The fraction of sp³-hybridized carbons (Fsp3) is 0.167. The number of hydrogen-bond donors (Lipinski definition) is 2. The lowest BCUT2D eigenvalue weighted by Gasteiger charge is -2.09. The number of benzene rings is 2. The molecule has 0 saturated heterocycles. The lowest BCUT2D eigenvalue weighted by Crippen LogP contribution is -2.10. The van der Waals surface area contributed by atoms with Crippen molar-refractivity contribution in [2.75, 3.05) is 5.43 Å². The van der Waals surface area contributed by atoms with Crippen molar-refractivity contribution in [1.82, 2.24) is 0 Å². The summed E-state index contributed by atoms with van der Waals surface area (Å²) >= 11 is 0. The van der Waals surface area contributed by atoms with Crippen molar-refractivity contribution in [2.45, 2.75) is 20.3 Å². The lowest BCUT2D eigenvalue weighted by molar-refractivity contribution is 0.628. The minimum atomic E-state index is -0.269. The molecule has 0 aromatic heterocycles. The van der Waals surface area contributed by atoms with Gasteiger partial charge in [-0.05, 0) is 49.2 Å². The highest BCUT2D eigenvalue weighted by atomic mass is 19.1. The molecular formula is C18H20FN3. The number of anilines is 1. The van der Waals surface area contributed by atoms with Crippen LogP contribution in [-0.4, -0.2) is 5.71 Å². The van der Waals surface area contributed by atoms with Crippen molar-refractivity contribution in [3.05, 3.63) is 77.2 Å². The number of hydrogen-bond acceptors (Lipinski definition) is 3. The summed E-state index contributed by atoms with van der Waals surface area (Å²) in [6.45, 7) is 3.84. The fourth-order valence-corrected chi connectivity index (χ4v) is 1.94. The number of nitrogens with zero attached hydrogens (tertiary/aromatic N) is 1. The third-order valence-electron chi connectivity index (χ3n) is 3.46. The van der Waals surface area contributed by atoms with Gasteiger partial charge in [-0.25, -0.2) is 4.39 Å². The second-order valence-electron chi connectivity index (χ2n) is 5.13. The Morgan fingerprint density at radius 2 is 1.68 bits per heavy atom. The number of nitrogens with one attached hydrogen (secondary N) is 1. The maximum atomic E-state index is 12.8. The summed E-state index contributed by atoms with van der Waals surface area (Å²) in [7, 11) is 0. The topological polar surface area (TPSA) is 50.4 Å². The zero-order valence-corrected chi connectivity index (χ0v) is 12.8. The second-order valence-corrected chi connectivity index (χ2v) is 5.13. The standard InChI is InChI=1S/C18H20FN3/c1-13(18(20)12-15-6-4-3-5-7-15)14(2)21-22-17-10-8-16(19)9-11-17/h3-11,22H,12,20H2,1-2H3. The highest BCUT2D eigenvalue weighted by molar-refractivity contribution is 5.98. The first kappa shape index (κ1) is 15.8. The molecule has 4 heteroatoms. The van der Waals surface area contributed by atoms with Crippen LogP contribution in [0.3, 0.4) is 0 Å². The van der Waals surface area contributed by atoms with E-state index in [1.54, 1.807) is 12.1 Å². The molecule has 3 N–H and O–H groups in total. The van der Waals surface area contributed by atoms with Crippen LogP contribution < -0.4 is 11.2 Å². The summed E-state index contributed by atoms with van der Waals surface area (Å²) in [6, 6.07) is 16.1. The zero-order chi connectivity index (χ0) is 15.9. The highest BCUT2D eigenvalue weighted by Gasteiger charge is 2.03. The molecule has 0 fully saturated rings. The van der Waals surface area contributed by atoms with E-state index < -0.39 is 0 Å². The van der Waals surface area contributed by atoms with Crippen molar-refractivity contribution in [3.63, 3.8) is 0 Å². The Balaban J connectivity index is 2.06. The van der Waals surface area contributed by atoms with E-state index in [1.807, 2.05) is 44.2 Å². The Bertz CT molecular complexity index is 673. The predicted octanol–water partition coefficient (Wildman–Crippen LogP) is 4.09. The quantitative estimate of drug-likeness (QED) is 0.645. The smallest absolute Gasteiger partial charge is 0.123 e. The molecule has 0 saturated carbocycles. The summed E-state index contributed by atoms with van der Waals surface area (Å²) < 4.78 is 12.8. The molecule has 2 aromatic carbocycles. The number of rotatable bonds is 5. The van der Waals surface area contributed by atoms with E-state index in [2.05, 4.69) is 10.5 Å². The van der Waals surface area contributed by atoms with Gasteiger partial charge in [-0.2, -0.15) is 5.10 Å². The normalized spacial score (nSPS) is 12.8. The van der Waals surface area contributed by atoms with Gasteiger partial charge in [0.1, 0.15) is 5.82 Å².